The first-order valence-corrected chi connectivity index (χ1v) is 4.97. The van der Waals surface area contributed by atoms with Gasteiger partial charge in [-0.15, -0.1) is 0 Å². The van der Waals surface area contributed by atoms with E-state index < -0.39 is 0 Å². The third-order valence-electron chi connectivity index (χ3n) is 2.00. The number of unbranched alkanes of at least 4 members (excludes halogenated alkanes) is 2. The zero-order chi connectivity index (χ0) is 10.2. The first kappa shape index (κ1) is 10.8. The Balaban J connectivity index is 2.29. The van der Waals surface area contributed by atoms with Gasteiger partial charge in [-0.3, -0.25) is 4.79 Å². The standard InChI is InChI=1S/C12H16NO/c1-2-3-7-10-13-12(14)11-8-5-4-6-9-11/h4-6,8-9H,1-3,7,10H2,(H,13,14). The highest BCUT2D eigenvalue weighted by atomic mass is 16.1. The highest BCUT2D eigenvalue weighted by Gasteiger charge is 2.01. The van der Waals surface area contributed by atoms with Crippen LogP contribution in [0.5, 0.6) is 0 Å². The Bertz CT molecular complexity index is 269. The zero-order valence-corrected chi connectivity index (χ0v) is 8.33. The van der Waals surface area contributed by atoms with Crippen molar-refractivity contribution in [2.45, 2.75) is 19.3 Å². The molecule has 0 aliphatic heterocycles. The van der Waals surface area contributed by atoms with Crippen LogP contribution in [-0.4, -0.2) is 12.5 Å². The van der Waals surface area contributed by atoms with Crippen LogP contribution in [0.25, 0.3) is 0 Å². The lowest BCUT2D eigenvalue weighted by molar-refractivity contribution is 0.0953. The first-order chi connectivity index (χ1) is 6.84. The Morgan fingerprint density at radius 1 is 1.21 bits per heavy atom. The van der Waals surface area contributed by atoms with Crippen molar-refractivity contribution in [2.75, 3.05) is 6.54 Å². The molecule has 1 aromatic rings. The summed E-state index contributed by atoms with van der Waals surface area (Å²) >= 11 is 0. The second-order valence-electron chi connectivity index (χ2n) is 3.18. The van der Waals surface area contributed by atoms with E-state index in [1.165, 1.54) is 0 Å². The highest BCUT2D eigenvalue weighted by molar-refractivity contribution is 5.94. The van der Waals surface area contributed by atoms with Gasteiger partial charge in [0.2, 0.25) is 0 Å². The normalized spacial score (nSPS) is 9.79. The summed E-state index contributed by atoms with van der Waals surface area (Å²) in [6, 6.07) is 9.27. The third-order valence-corrected chi connectivity index (χ3v) is 2.00. The van der Waals surface area contributed by atoms with Crippen LogP contribution in [-0.2, 0) is 0 Å². The Labute approximate surface area is 85.3 Å². The Kier molecular flexibility index (Phi) is 4.76. The minimum atomic E-state index is 0.00895. The number of amides is 1. The fraction of sp³-hybridized carbons (Fsp3) is 0.333. The summed E-state index contributed by atoms with van der Waals surface area (Å²) in [6.07, 6.45) is 3.00. The lowest BCUT2D eigenvalue weighted by Crippen LogP contribution is -2.24. The van der Waals surface area contributed by atoms with E-state index in [0.717, 1.165) is 31.4 Å². The number of carbonyl (C=O) groups excluding carboxylic acids is 1. The number of rotatable bonds is 5. The Morgan fingerprint density at radius 3 is 2.57 bits per heavy atom. The lowest BCUT2D eigenvalue weighted by Gasteiger charge is -2.03. The molecule has 1 amide bonds. The molecule has 0 unspecified atom stereocenters. The third kappa shape index (κ3) is 3.60. The van der Waals surface area contributed by atoms with E-state index in [1.54, 1.807) is 0 Å². The van der Waals surface area contributed by atoms with Crippen molar-refractivity contribution >= 4 is 5.91 Å². The molecule has 0 spiro atoms. The summed E-state index contributed by atoms with van der Waals surface area (Å²) < 4.78 is 0. The zero-order valence-electron chi connectivity index (χ0n) is 8.33. The molecule has 1 aromatic carbocycles. The topological polar surface area (TPSA) is 29.1 Å². The lowest BCUT2D eigenvalue weighted by atomic mass is 10.2. The van der Waals surface area contributed by atoms with E-state index in [-0.39, 0.29) is 5.91 Å². The predicted octanol–water partition coefficient (Wildman–Crippen LogP) is 2.42. The summed E-state index contributed by atoms with van der Waals surface area (Å²) in [5.41, 5.74) is 0.724. The van der Waals surface area contributed by atoms with Crippen LogP contribution in [0, 0.1) is 6.92 Å². The fourth-order valence-electron chi connectivity index (χ4n) is 1.20. The van der Waals surface area contributed by atoms with E-state index in [1.807, 2.05) is 30.3 Å². The molecule has 0 saturated heterocycles. The maximum absolute atomic E-state index is 11.5. The maximum Gasteiger partial charge on any atom is 0.251 e. The van der Waals surface area contributed by atoms with Gasteiger partial charge in [0, 0.05) is 12.1 Å². The maximum atomic E-state index is 11.5. The van der Waals surface area contributed by atoms with Crippen molar-refractivity contribution in [1.29, 1.82) is 0 Å². The first-order valence-electron chi connectivity index (χ1n) is 4.97. The van der Waals surface area contributed by atoms with Crippen LogP contribution in [0.2, 0.25) is 0 Å². The van der Waals surface area contributed by atoms with Gasteiger partial charge in [0.05, 0.1) is 0 Å². The minimum absolute atomic E-state index is 0.00895. The second kappa shape index (κ2) is 6.19. The van der Waals surface area contributed by atoms with Gasteiger partial charge < -0.3 is 5.32 Å². The van der Waals surface area contributed by atoms with Crippen LogP contribution >= 0.6 is 0 Å². The summed E-state index contributed by atoms with van der Waals surface area (Å²) in [7, 11) is 0. The van der Waals surface area contributed by atoms with Crippen LogP contribution in [0.3, 0.4) is 0 Å². The summed E-state index contributed by atoms with van der Waals surface area (Å²) in [5.74, 6) is 0.00895. The molecule has 14 heavy (non-hydrogen) atoms. The summed E-state index contributed by atoms with van der Waals surface area (Å²) in [4.78, 5) is 11.5. The average Bonchev–Trinajstić information content (AvgIpc) is 2.25. The predicted molar refractivity (Wildman–Crippen MR) is 58.0 cm³/mol. The molecule has 2 nitrogen and oxygen atoms in total. The molecule has 0 saturated carbocycles. The molecule has 0 heterocycles. The van der Waals surface area contributed by atoms with E-state index in [2.05, 4.69) is 12.2 Å². The smallest absolute Gasteiger partial charge is 0.251 e. The number of hydrogen-bond donors (Lipinski definition) is 1. The molecule has 75 valence electrons. The van der Waals surface area contributed by atoms with Crippen molar-refractivity contribution in [2.24, 2.45) is 0 Å². The van der Waals surface area contributed by atoms with E-state index in [9.17, 15) is 4.79 Å². The van der Waals surface area contributed by atoms with Crippen LogP contribution in [0.1, 0.15) is 29.6 Å². The number of nitrogens with one attached hydrogen (secondary N) is 1. The molecule has 0 aliphatic rings. The van der Waals surface area contributed by atoms with Gasteiger partial charge in [-0.1, -0.05) is 38.0 Å². The van der Waals surface area contributed by atoms with Gasteiger partial charge in [-0.2, -0.15) is 0 Å². The average molecular weight is 190 g/mol. The second-order valence-corrected chi connectivity index (χ2v) is 3.18. The summed E-state index contributed by atoms with van der Waals surface area (Å²) in [5, 5.41) is 2.87. The number of hydrogen-bond acceptors (Lipinski definition) is 1. The molecular formula is C12H16NO. The largest absolute Gasteiger partial charge is 0.352 e. The fourth-order valence-corrected chi connectivity index (χ4v) is 1.20. The van der Waals surface area contributed by atoms with Gasteiger partial charge in [0.25, 0.3) is 5.91 Å². The monoisotopic (exact) mass is 190 g/mol. The highest BCUT2D eigenvalue weighted by Crippen LogP contribution is 1.98. The number of carbonyl (C=O) groups is 1. The minimum Gasteiger partial charge on any atom is -0.352 e. The van der Waals surface area contributed by atoms with Crippen LogP contribution in [0.4, 0.5) is 0 Å². The van der Waals surface area contributed by atoms with Crippen molar-refractivity contribution in [3.05, 3.63) is 42.8 Å². The quantitative estimate of drug-likeness (QED) is 0.710. The molecule has 2 heteroatoms. The van der Waals surface area contributed by atoms with Crippen molar-refractivity contribution < 1.29 is 4.79 Å². The molecule has 1 rings (SSSR count). The van der Waals surface area contributed by atoms with Gasteiger partial charge >= 0.3 is 0 Å². The van der Waals surface area contributed by atoms with Crippen molar-refractivity contribution in [3.63, 3.8) is 0 Å². The summed E-state index contributed by atoms with van der Waals surface area (Å²) in [6.45, 7) is 4.49. The number of benzene rings is 1. The Morgan fingerprint density at radius 2 is 1.93 bits per heavy atom. The van der Waals surface area contributed by atoms with Gasteiger partial charge in [0.1, 0.15) is 0 Å². The molecule has 0 fully saturated rings. The van der Waals surface area contributed by atoms with Gasteiger partial charge in [-0.05, 0) is 18.6 Å². The molecule has 0 bridgehead atoms. The van der Waals surface area contributed by atoms with E-state index in [0.29, 0.717) is 0 Å². The Hall–Kier alpha value is -1.31. The van der Waals surface area contributed by atoms with Gasteiger partial charge in [0.15, 0.2) is 0 Å². The SMILES string of the molecule is [CH2]CCCCNC(=O)c1ccccc1. The molecule has 1 N–H and O–H groups in total. The van der Waals surface area contributed by atoms with E-state index >= 15 is 0 Å². The van der Waals surface area contributed by atoms with Crippen molar-refractivity contribution in [3.8, 4) is 0 Å². The molecule has 0 aromatic heterocycles. The molecule has 0 aliphatic carbocycles. The van der Waals surface area contributed by atoms with Crippen molar-refractivity contribution in [1.82, 2.24) is 5.32 Å². The van der Waals surface area contributed by atoms with E-state index in [4.69, 9.17) is 0 Å². The molecule has 1 radical (unpaired) electrons. The van der Waals surface area contributed by atoms with Gasteiger partial charge in [-0.25, -0.2) is 0 Å². The van der Waals surface area contributed by atoms with Crippen LogP contribution < -0.4 is 5.32 Å². The molecular weight excluding hydrogens is 174 g/mol. The van der Waals surface area contributed by atoms with Crippen LogP contribution in [0.15, 0.2) is 30.3 Å². The molecule has 0 atom stereocenters.